The van der Waals surface area contributed by atoms with E-state index in [9.17, 15) is 0 Å². The van der Waals surface area contributed by atoms with Gasteiger partial charge >= 0.3 is 0 Å². The molecule has 5 heteroatoms. The monoisotopic (exact) mass is 789 g/mol. The maximum absolute atomic E-state index is 7.07. The van der Waals surface area contributed by atoms with Crippen molar-refractivity contribution in [2.45, 2.75) is 38.5 Å². The molecule has 0 fully saturated rings. The van der Waals surface area contributed by atoms with Gasteiger partial charge in [-0.1, -0.05) is 152 Å². The van der Waals surface area contributed by atoms with Crippen LogP contribution in [0.15, 0.2) is 188 Å². The molecule has 0 unspecified atom stereocenters. The molecule has 0 amide bonds. The Kier molecular flexibility index (Phi) is 9.63. The number of aryl methyl sites for hydroxylation is 1. The zero-order chi connectivity index (χ0) is 40.7. The molecular formula is C56H47N5. The Morgan fingerprint density at radius 1 is 0.557 bits per heavy atom. The van der Waals surface area contributed by atoms with Gasteiger partial charge in [0.15, 0.2) is 0 Å². The van der Waals surface area contributed by atoms with Crippen LogP contribution >= 0.6 is 0 Å². The number of hydrogen-bond acceptors (Lipinski definition) is 3. The first-order valence-corrected chi connectivity index (χ1v) is 21.4. The molecule has 11 rings (SSSR count). The normalized spacial score (nSPS) is 13.9. The van der Waals surface area contributed by atoms with Gasteiger partial charge in [0.1, 0.15) is 0 Å². The quantitative estimate of drug-likeness (QED) is 0.107. The fourth-order valence-electron chi connectivity index (χ4n) is 9.50. The van der Waals surface area contributed by atoms with Crippen LogP contribution in [0.5, 0.6) is 0 Å². The van der Waals surface area contributed by atoms with Crippen molar-refractivity contribution in [1.29, 1.82) is 0 Å². The van der Waals surface area contributed by atoms with Crippen molar-refractivity contribution < 1.29 is 0 Å². The molecule has 2 aliphatic rings. The molecule has 2 heterocycles. The van der Waals surface area contributed by atoms with E-state index in [1.165, 1.54) is 83.0 Å². The summed E-state index contributed by atoms with van der Waals surface area (Å²) < 4.78 is 4.88. The second kappa shape index (κ2) is 15.9. The lowest BCUT2D eigenvalue weighted by Gasteiger charge is -2.28. The van der Waals surface area contributed by atoms with Crippen LogP contribution < -0.4 is 11.2 Å². The standard InChI is InChI=1S/C56H47N5/c57-56(58-59(37-39-15-4-1-5-16-39)38-40-17-6-2-7-18-40)45-21-14-22-46(34-45)61-52-25-9-3-8-23-48(52)50-31-28-44(36-55(50)61)43-29-32-54-51(35-43)49-24-12-13-26-53(49)60(54)47-30-27-41-19-10-11-20-42(41)33-47/h1-9,11-18,20-24,26-36,56,58H,10,19,25,37-38,57H2/t56-/m0/s1. The molecule has 1 atom stereocenters. The van der Waals surface area contributed by atoms with Crippen molar-refractivity contribution >= 4 is 44.9 Å². The summed E-state index contributed by atoms with van der Waals surface area (Å²) in [6.07, 6.45) is 16.0. The molecule has 0 aliphatic heterocycles. The molecule has 2 aromatic heterocycles. The number of nitrogens with zero attached hydrogens (tertiary/aromatic N) is 3. The predicted octanol–water partition coefficient (Wildman–Crippen LogP) is 12.6. The van der Waals surface area contributed by atoms with Crippen LogP contribution in [0.1, 0.15) is 51.7 Å². The average Bonchev–Trinajstić information content (AvgIpc) is 3.68. The predicted molar refractivity (Wildman–Crippen MR) is 254 cm³/mol. The second-order valence-electron chi connectivity index (χ2n) is 16.4. The molecule has 3 N–H and O–H groups in total. The van der Waals surface area contributed by atoms with E-state index in [1.807, 2.05) is 0 Å². The molecule has 0 saturated carbocycles. The van der Waals surface area contributed by atoms with E-state index in [0.717, 1.165) is 43.6 Å². The number of aromatic nitrogens is 2. The van der Waals surface area contributed by atoms with Crippen LogP contribution in [0.2, 0.25) is 0 Å². The highest BCUT2D eigenvalue weighted by Crippen LogP contribution is 2.39. The number of hydrazine groups is 1. The number of para-hydroxylation sites is 1. The number of nitrogens with two attached hydrogens (primary N) is 1. The first-order valence-electron chi connectivity index (χ1n) is 21.4. The number of hydrogen-bond donors (Lipinski definition) is 2. The number of allylic oxidation sites excluding steroid dienone is 4. The molecule has 9 aromatic rings. The molecule has 296 valence electrons. The zero-order valence-electron chi connectivity index (χ0n) is 34.1. The number of rotatable bonds is 10. The average molecular weight is 790 g/mol. The topological polar surface area (TPSA) is 51.1 Å². The Morgan fingerprint density at radius 2 is 1.30 bits per heavy atom. The molecule has 0 bridgehead atoms. The number of benzene rings is 7. The molecule has 5 nitrogen and oxygen atoms in total. The van der Waals surface area contributed by atoms with E-state index in [0.29, 0.717) is 0 Å². The molecule has 0 saturated heterocycles. The summed E-state index contributed by atoms with van der Waals surface area (Å²) in [5, 5.41) is 5.97. The maximum Gasteiger partial charge on any atom is 0.0941 e. The fourth-order valence-corrected chi connectivity index (χ4v) is 9.50. The van der Waals surface area contributed by atoms with Gasteiger partial charge in [-0.2, -0.15) is 0 Å². The highest BCUT2D eigenvalue weighted by Gasteiger charge is 2.21. The Labute approximate surface area is 357 Å². The minimum atomic E-state index is -0.421. The van der Waals surface area contributed by atoms with Crippen LogP contribution in [-0.4, -0.2) is 14.1 Å². The van der Waals surface area contributed by atoms with Gasteiger partial charge in [0.2, 0.25) is 0 Å². The maximum atomic E-state index is 7.07. The lowest BCUT2D eigenvalue weighted by molar-refractivity contribution is 0.140. The summed E-state index contributed by atoms with van der Waals surface area (Å²) in [5.41, 5.74) is 27.8. The van der Waals surface area contributed by atoms with Crippen molar-refractivity contribution in [2.75, 3.05) is 0 Å². The van der Waals surface area contributed by atoms with E-state index in [2.05, 4.69) is 220 Å². The molecular weight excluding hydrogens is 743 g/mol. The van der Waals surface area contributed by atoms with Crippen LogP contribution in [0.3, 0.4) is 0 Å². The third kappa shape index (κ3) is 7.03. The van der Waals surface area contributed by atoms with Crippen LogP contribution in [-0.2, 0) is 25.9 Å². The summed E-state index contributed by atoms with van der Waals surface area (Å²) in [7, 11) is 0. The first kappa shape index (κ1) is 37.0. The van der Waals surface area contributed by atoms with E-state index >= 15 is 0 Å². The first-order chi connectivity index (χ1) is 30.1. The van der Waals surface area contributed by atoms with Gasteiger partial charge in [0, 0.05) is 58.3 Å². The Balaban J connectivity index is 0.979. The lowest BCUT2D eigenvalue weighted by atomic mass is 9.97. The SMILES string of the molecule is N[C@@H](NN(Cc1ccccc1)Cc1ccccc1)c1cccc(-n2c3c(c4ccc(-c5ccc6c(c5)c5ccccc5n6-c5ccc6c(c5)C=CCC6)cc42)C=CC=CC3)c1. The van der Waals surface area contributed by atoms with Crippen molar-refractivity contribution in [2.24, 2.45) is 5.73 Å². The molecule has 0 radical (unpaired) electrons. The van der Waals surface area contributed by atoms with Crippen molar-refractivity contribution in [1.82, 2.24) is 19.6 Å². The minimum Gasteiger partial charge on any atom is -0.313 e. The summed E-state index contributed by atoms with van der Waals surface area (Å²) in [6, 6.07) is 59.6. The Morgan fingerprint density at radius 3 is 2.13 bits per heavy atom. The third-order valence-corrected chi connectivity index (χ3v) is 12.4. The summed E-state index contributed by atoms with van der Waals surface area (Å²) in [6.45, 7) is 1.44. The zero-order valence-corrected chi connectivity index (χ0v) is 34.1. The van der Waals surface area contributed by atoms with Gasteiger partial charge in [-0.25, -0.2) is 10.4 Å². The van der Waals surface area contributed by atoms with Gasteiger partial charge in [-0.15, -0.1) is 0 Å². The van der Waals surface area contributed by atoms with Gasteiger partial charge < -0.3 is 14.9 Å². The minimum absolute atomic E-state index is 0.421. The van der Waals surface area contributed by atoms with Gasteiger partial charge in [-0.3, -0.25) is 0 Å². The largest absolute Gasteiger partial charge is 0.313 e. The van der Waals surface area contributed by atoms with Gasteiger partial charge in [0.25, 0.3) is 0 Å². The Bertz CT molecular complexity index is 3120. The van der Waals surface area contributed by atoms with Crippen LogP contribution in [0.25, 0.3) is 67.4 Å². The van der Waals surface area contributed by atoms with Crippen LogP contribution in [0.4, 0.5) is 0 Å². The van der Waals surface area contributed by atoms with Crippen LogP contribution in [0, 0.1) is 0 Å². The summed E-state index contributed by atoms with van der Waals surface area (Å²) in [5.74, 6) is 0. The number of fused-ring (bicyclic) bond motifs is 7. The van der Waals surface area contributed by atoms with E-state index in [1.54, 1.807) is 0 Å². The van der Waals surface area contributed by atoms with Gasteiger partial charge in [-0.05, 0) is 100 Å². The number of nitrogens with one attached hydrogen (secondary N) is 1. The van der Waals surface area contributed by atoms with Gasteiger partial charge in [0.05, 0.1) is 22.7 Å². The highest BCUT2D eigenvalue weighted by atomic mass is 15.5. The molecule has 7 aromatic carbocycles. The summed E-state index contributed by atoms with van der Waals surface area (Å²) in [4.78, 5) is 0. The molecule has 61 heavy (non-hydrogen) atoms. The molecule has 0 spiro atoms. The van der Waals surface area contributed by atoms with E-state index in [-0.39, 0.29) is 0 Å². The second-order valence-corrected chi connectivity index (χ2v) is 16.4. The fraction of sp³-hybridized carbons (Fsp3) is 0.107. The third-order valence-electron chi connectivity index (χ3n) is 12.4. The van der Waals surface area contributed by atoms with E-state index < -0.39 is 6.17 Å². The van der Waals surface area contributed by atoms with E-state index in [4.69, 9.17) is 5.73 Å². The molecule has 2 aliphatic carbocycles. The smallest absolute Gasteiger partial charge is 0.0941 e. The summed E-state index contributed by atoms with van der Waals surface area (Å²) >= 11 is 0. The van der Waals surface area contributed by atoms with Crippen molar-refractivity contribution in [3.8, 4) is 22.5 Å². The Hall–Kier alpha value is -7.02. The van der Waals surface area contributed by atoms with Crippen molar-refractivity contribution in [3.05, 3.63) is 227 Å². The highest BCUT2D eigenvalue weighted by molar-refractivity contribution is 6.10. The lowest BCUT2D eigenvalue weighted by Crippen LogP contribution is -2.43. The van der Waals surface area contributed by atoms with Crippen molar-refractivity contribution in [3.63, 3.8) is 0 Å².